The summed E-state index contributed by atoms with van der Waals surface area (Å²) < 4.78 is 0. The zero-order chi connectivity index (χ0) is 15.2. The van der Waals surface area contributed by atoms with Crippen LogP contribution >= 0.6 is 11.3 Å². The van der Waals surface area contributed by atoms with Crippen LogP contribution in [0.4, 0.5) is 5.00 Å². The molecule has 0 saturated heterocycles. The van der Waals surface area contributed by atoms with Crippen molar-refractivity contribution in [1.29, 1.82) is 5.26 Å². The number of hydrogen-bond donors (Lipinski definition) is 3. The molecule has 0 spiro atoms. The van der Waals surface area contributed by atoms with Crippen LogP contribution in [-0.2, 0) is 9.59 Å². The number of carbonyl (C=O) groups excluding carboxylic acids is 2. The first-order chi connectivity index (χ1) is 10.1. The number of carbonyl (C=O) groups is 2. The summed E-state index contributed by atoms with van der Waals surface area (Å²) in [5, 5.41) is 16.9. The van der Waals surface area contributed by atoms with Crippen LogP contribution in [-0.4, -0.2) is 38.0 Å². The molecule has 6 nitrogen and oxygen atoms in total. The lowest BCUT2D eigenvalue weighted by molar-refractivity contribution is -0.870. The highest BCUT2D eigenvalue weighted by Crippen LogP contribution is 2.22. The minimum atomic E-state index is -0.129. The van der Waals surface area contributed by atoms with Gasteiger partial charge in [0.1, 0.15) is 11.1 Å². The maximum absolute atomic E-state index is 11.8. The van der Waals surface area contributed by atoms with Gasteiger partial charge in [-0.05, 0) is 24.3 Å². The molecule has 2 rings (SSSR count). The molecule has 0 aliphatic heterocycles. The number of hydrogen-bond acceptors (Lipinski definition) is 4. The molecular weight excluding hydrogens is 288 g/mol. The second-order valence-electron chi connectivity index (χ2n) is 5.30. The van der Waals surface area contributed by atoms with E-state index in [1.165, 1.54) is 11.3 Å². The highest BCUT2D eigenvalue weighted by Gasteiger charge is 2.24. The van der Waals surface area contributed by atoms with E-state index >= 15 is 0 Å². The molecule has 7 heteroatoms. The van der Waals surface area contributed by atoms with Gasteiger partial charge in [-0.15, -0.1) is 11.3 Å². The fourth-order valence-corrected chi connectivity index (χ4v) is 2.63. The number of thiophene rings is 1. The van der Waals surface area contributed by atoms with Gasteiger partial charge in [-0.3, -0.25) is 9.59 Å². The van der Waals surface area contributed by atoms with E-state index in [9.17, 15) is 9.59 Å². The quantitative estimate of drug-likeness (QED) is 0.649. The van der Waals surface area contributed by atoms with E-state index in [1.54, 1.807) is 11.4 Å². The van der Waals surface area contributed by atoms with E-state index in [-0.39, 0.29) is 11.8 Å². The molecule has 1 aromatic rings. The van der Waals surface area contributed by atoms with Crippen molar-refractivity contribution >= 4 is 28.2 Å². The molecule has 1 aliphatic rings. The van der Waals surface area contributed by atoms with E-state index < -0.39 is 0 Å². The summed E-state index contributed by atoms with van der Waals surface area (Å²) in [4.78, 5) is 24.4. The van der Waals surface area contributed by atoms with Crippen molar-refractivity contribution in [1.82, 2.24) is 5.32 Å². The van der Waals surface area contributed by atoms with Crippen LogP contribution < -0.4 is 15.5 Å². The Morgan fingerprint density at radius 3 is 2.90 bits per heavy atom. The van der Waals surface area contributed by atoms with Crippen molar-refractivity contribution in [2.45, 2.75) is 25.3 Å². The largest absolute Gasteiger partial charge is 0.348 e. The number of amides is 2. The van der Waals surface area contributed by atoms with Gasteiger partial charge in [0.2, 0.25) is 5.91 Å². The maximum atomic E-state index is 11.8. The van der Waals surface area contributed by atoms with Crippen molar-refractivity contribution in [3.8, 4) is 6.07 Å². The number of anilines is 1. The van der Waals surface area contributed by atoms with Gasteiger partial charge < -0.3 is 15.5 Å². The molecule has 0 bridgehead atoms. The third-order valence-corrected chi connectivity index (χ3v) is 4.05. The van der Waals surface area contributed by atoms with Crippen molar-refractivity contribution < 1.29 is 14.5 Å². The summed E-state index contributed by atoms with van der Waals surface area (Å²) in [6.07, 6.45) is 2.48. The number of likely N-dealkylation sites (N-methyl/N-ethyl adjacent to an activating group) is 1. The molecule has 1 aromatic heterocycles. The van der Waals surface area contributed by atoms with E-state index in [1.807, 2.05) is 13.1 Å². The van der Waals surface area contributed by atoms with Crippen LogP contribution in [0.15, 0.2) is 11.4 Å². The van der Waals surface area contributed by atoms with E-state index in [0.29, 0.717) is 36.1 Å². The molecule has 112 valence electrons. The van der Waals surface area contributed by atoms with E-state index in [2.05, 4.69) is 10.6 Å². The van der Waals surface area contributed by atoms with Crippen LogP contribution in [0.25, 0.3) is 0 Å². The Bertz CT molecular complexity index is 560. The van der Waals surface area contributed by atoms with Crippen LogP contribution in [0.2, 0.25) is 0 Å². The summed E-state index contributed by atoms with van der Waals surface area (Å²) in [6, 6.07) is 4.09. The van der Waals surface area contributed by atoms with Crippen LogP contribution in [0, 0.1) is 11.3 Å². The highest BCUT2D eigenvalue weighted by atomic mass is 32.1. The van der Waals surface area contributed by atoms with Gasteiger partial charge >= 0.3 is 0 Å². The fraction of sp³-hybridized carbons (Fsp3) is 0.500. The van der Waals surface area contributed by atoms with Gasteiger partial charge in [-0.2, -0.15) is 5.26 Å². The van der Waals surface area contributed by atoms with Crippen LogP contribution in [0.5, 0.6) is 0 Å². The first kappa shape index (κ1) is 15.5. The summed E-state index contributed by atoms with van der Waals surface area (Å²) >= 11 is 1.34. The van der Waals surface area contributed by atoms with E-state index in [4.69, 9.17) is 5.26 Å². The smallest absolute Gasteiger partial charge is 0.275 e. The van der Waals surface area contributed by atoms with Gasteiger partial charge in [-0.25, -0.2) is 0 Å². The highest BCUT2D eigenvalue weighted by molar-refractivity contribution is 7.14. The molecule has 1 aliphatic carbocycles. The number of nitrogens with one attached hydrogen (secondary N) is 3. The average Bonchev–Trinajstić information content (AvgIpc) is 3.13. The Labute approximate surface area is 127 Å². The minimum absolute atomic E-state index is 0.0421. The fourth-order valence-electron chi connectivity index (χ4n) is 1.88. The number of nitrogens with zero attached hydrogens (tertiary/aromatic N) is 1. The minimum Gasteiger partial charge on any atom is -0.348 e. The van der Waals surface area contributed by atoms with Gasteiger partial charge in [0.05, 0.1) is 25.6 Å². The number of rotatable bonds is 7. The van der Waals surface area contributed by atoms with Gasteiger partial charge in [0.25, 0.3) is 5.91 Å². The molecule has 1 atom stereocenters. The Morgan fingerprint density at radius 1 is 1.48 bits per heavy atom. The lowest BCUT2D eigenvalue weighted by Crippen LogP contribution is -3.10. The molecule has 1 saturated carbocycles. The van der Waals surface area contributed by atoms with Crippen molar-refractivity contribution in [2.24, 2.45) is 0 Å². The first-order valence-electron chi connectivity index (χ1n) is 6.96. The predicted octanol–water partition coefficient (Wildman–Crippen LogP) is -0.258. The molecule has 3 N–H and O–H groups in total. The summed E-state index contributed by atoms with van der Waals surface area (Å²) in [5.74, 6) is -0.0867. The zero-order valence-corrected chi connectivity index (χ0v) is 12.8. The Kier molecular flexibility index (Phi) is 5.31. The third kappa shape index (κ3) is 5.17. The van der Waals surface area contributed by atoms with E-state index in [0.717, 1.165) is 17.7 Å². The molecular formula is C14H19N4O2S+. The monoisotopic (exact) mass is 307 g/mol. The predicted molar refractivity (Wildman–Crippen MR) is 80.1 cm³/mol. The SMILES string of the molecule is C[NH+](CCC(=O)Nc1sccc1C#N)CC(=O)NC1CC1. The summed E-state index contributed by atoms with van der Waals surface area (Å²) in [5.41, 5.74) is 0.484. The van der Waals surface area contributed by atoms with Gasteiger partial charge in [0.15, 0.2) is 6.54 Å². The average molecular weight is 307 g/mol. The number of quaternary nitrogens is 1. The molecule has 1 fully saturated rings. The second-order valence-corrected chi connectivity index (χ2v) is 6.22. The maximum Gasteiger partial charge on any atom is 0.275 e. The van der Waals surface area contributed by atoms with Gasteiger partial charge in [0, 0.05) is 6.04 Å². The zero-order valence-electron chi connectivity index (χ0n) is 11.9. The van der Waals surface area contributed by atoms with Crippen LogP contribution in [0.3, 0.4) is 0 Å². The molecule has 0 aromatic carbocycles. The molecule has 0 radical (unpaired) electrons. The molecule has 21 heavy (non-hydrogen) atoms. The topological polar surface area (TPSA) is 86.4 Å². The lowest BCUT2D eigenvalue weighted by atomic mass is 10.3. The van der Waals surface area contributed by atoms with Crippen LogP contribution in [0.1, 0.15) is 24.8 Å². The first-order valence-corrected chi connectivity index (χ1v) is 7.84. The standard InChI is InChI=1S/C14H18N4O2S/c1-18(9-13(20)16-11-2-3-11)6-4-12(19)17-14-10(8-15)5-7-21-14/h5,7,11H,2-4,6,9H2,1H3,(H,16,20)(H,17,19)/p+1. The van der Waals surface area contributed by atoms with Gasteiger partial charge in [-0.1, -0.05) is 0 Å². The van der Waals surface area contributed by atoms with Crippen molar-refractivity contribution in [3.05, 3.63) is 17.0 Å². The normalized spacial score (nSPS) is 15.0. The lowest BCUT2D eigenvalue weighted by Gasteiger charge is -2.13. The summed E-state index contributed by atoms with van der Waals surface area (Å²) in [6.45, 7) is 0.962. The summed E-state index contributed by atoms with van der Waals surface area (Å²) in [7, 11) is 1.89. The third-order valence-electron chi connectivity index (χ3n) is 3.22. The molecule has 2 amide bonds. The Morgan fingerprint density at radius 2 is 2.24 bits per heavy atom. The molecule has 1 unspecified atom stereocenters. The number of nitriles is 1. The second kappa shape index (κ2) is 7.20. The Balaban J connectivity index is 1.68. The van der Waals surface area contributed by atoms with Crippen molar-refractivity contribution in [2.75, 3.05) is 25.5 Å². The Hall–Kier alpha value is -1.91. The van der Waals surface area contributed by atoms with Crippen molar-refractivity contribution in [3.63, 3.8) is 0 Å². The molecule has 1 heterocycles.